The Labute approximate surface area is 189 Å². The van der Waals surface area contributed by atoms with Gasteiger partial charge in [0.2, 0.25) is 11.1 Å². The van der Waals surface area contributed by atoms with Gasteiger partial charge < -0.3 is 15.2 Å². The van der Waals surface area contributed by atoms with Crippen molar-refractivity contribution in [1.82, 2.24) is 30.1 Å². The minimum atomic E-state index is -0.173. The van der Waals surface area contributed by atoms with Gasteiger partial charge in [0.05, 0.1) is 5.75 Å². The summed E-state index contributed by atoms with van der Waals surface area (Å²) in [6.07, 6.45) is 2.90. The maximum absolute atomic E-state index is 12.4. The zero-order valence-corrected chi connectivity index (χ0v) is 18.4. The molecule has 0 aliphatic carbocycles. The van der Waals surface area contributed by atoms with Crippen LogP contribution in [0.25, 0.3) is 10.9 Å². The van der Waals surface area contributed by atoms with Crippen LogP contribution in [0.15, 0.2) is 66.0 Å². The molecular weight excluding hydrogens is 426 g/mol. The molecule has 2 aromatic carbocycles. The molecule has 0 atom stereocenters. The van der Waals surface area contributed by atoms with Crippen LogP contribution in [0.1, 0.15) is 16.8 Å². The zero-order chi connectivity index (χ0) is 22.3. The van der Waals surface area contributed by atoms with E-state index in [0.29, 0.717) is 23.0 Å². The van der Waals surface area contributed by atoms with E-state index in [1.54, 1.807) is 31.3 Å². The maximum Gasteiger partial charge on any atom is 0.251 e. The second-order valence-corrected chi connectivity index (χ2v) is 8.12. The molecule has 4 aromatic rings. The smallest absolute Gasteiger partial charge is 0.251 e. The number of thioether (sulfide) groups is 1. The molecule has 9 nitrogen and oxygen atoms in total. The van der Waals surface area contributed by atoms with Crippen molar-refractivity contribution >= 4 is 40.2 Å². The molecule has 0 unspecified atom stereocenters. The van der Waals surface area contributed by atoms with Crippen molar-refractivity contribution in [2.24, 2.45) is 7.05 Å². The van der Waals surface area contributed by atoms with Crippen LogP contribution >= 0.6 is 11.8 Å². The number of para-hydroxylation sites is 1. The van der Waals surface area contributed by atoms with Crippen LogP contribution in [-0.2, 0) is 18.4 Å². The number of rotatable bonds is 9. The van der Waals surface area contributed by atoms with E-state index in [2.05, 4.69) is 55.1 Å². The summed E-state index contributed by atoms with van der Waals surface area (Å²) in [5.41, 5.74) is 2.37. The summed E-state index contributed by atoms with van der Waals surface area (Å²) in [5.74, 6) is -0.119. The molecule has 0 saturated carbocycles. The van der Waals surface area contributed by atoms with E-state index in [-0.39, 0.29) is 17.6 Å². The summed E-state index contributed by atoms with van der Waals surface area (Å²) in [5, 5.41) is 18.6. The molecule has 2 aromatic heterocycles. The number of aromatic nitrogens is 5. The summed E-state index contributed by atoms with van der Waals surface area (Å²) in [6, 6.07) is 17.2. The van der Waals surface area contributed by atoms with Crippen molar-refractivity contribution in [3.05, 3.63) is 66.4 Å². The number of anilines is 1. The van der Waals surface area contributed by atoms with Gasteiger partial charge in [-0.3, -0.25) is 9.59 Å². The Bertz CT molecular complexity index is 1220. The first-order chi connectivity index (χ1) is 15.6. The van der Waals surface area contributed by atoms with Gasteiger partial charge >= 0.3 is 0 Å². The third-order valence-corrected chi connectivity index (χ3v) is 5.90. The number of amides is 2. The molecule has 2 N–H and O–H groups in total. The molecule has 0 bridgehead atoms. The molecule has 10 heteroatoms. The van der Waals surface area contributed by atoms with Gasteiger partial charge in [-0.2, -0.15) is 0 Å². The number of fused-ring (bicyclic) bond motifs is 1. The quantitative estimate of drug-likeness (QED) is 0.301. The van der Waals surface area contributed by atoms with Gasteiger partial charge in [0.25, 0.3) is 5.91 Å². The van der Waals surface area contributed by atoms with E-state index in [1.165, 1.54) is 27.3 Å². The predicted molar refractivity (Wildman–Crippen MR) is 123 cm³/mol. The zero-order valence-electron chi connectivity index (χ0n) is 17.6. The summed E-state index contributed by atoms with van der Waals surface area (Å²) in [4.78, 5) is 24.5. The van der Waals surface area contributed by atoms with Crippen molar-refractivity contribution < 1.29 is 9.59 Å². The maximum atomic E-state index is 12.4. The second-order valence-electron chi connectivity index (χ2n) is 7.18. The fourth-order valence-electron chi connectivity index (χ4n) is 3.26. The Hall–Kier alpha value is -3.66. The molecule has 0 spiro atoms. The first-order valence-corrected chi connectivity index (χ1v) is 11.2. The van der Waals surface area contributed by atoms with Gasteiger partial charge in [0, 0.05) is 43.1 Å². The highest BCUT2D eigenvalue weighted by molar-refractivity contribution is 7.99. The number of carbonyl (C=O) groups excluding carboxylic acids is 2. The summed E-state index contributed by atoms with van der Waals surface area (Å²) >= 11 is 1.25. The molecular formula is C22H23N7O2S. The van der Waals surface area contributed by atoms with Gasteiger partial charge in [-0.15, -0.1) is 5.10 Å². The number of hydrogen-bond acceptors (Lipinski definition) is 6. The van der Waals surface area contributed by atoms with E-state index in [1.807, 2.05) is 12.1 Å². The van der Waals surface area contributed by atoms with Gasteiger partial charge in [0.15, 0.2) is 0 Å². The van der Waals surface area contributed by atoms with Crippen LogP contribution in [0.5, 0.6) is 0 Å². The fraction of sp³-hybridized carbons (Fsp3) is 0.227. The molecule has 0 fully saturated rings. The van der Waals surface area contributed by atoms with Gasteiger partial charge in [0.1, 0.15) is 0 Å². The highest BCUT2D eigenvalue weighted by Crippen LogP contribution is 2.16. The predicted octanol–water partition coefficient (Wildman–Crippen LogP) is 2.72. The first kappa shape index (κ1) is 21.6. The lowest BCUT2D eigenvalue weighted by atomic mass is 10.2. The van der Waals surface area contributed by atoms with Crippen LogP contribution in [0.4, 0.5) is 5.69 Å². The number of aryl methyl sites for hydroxylation is 2. The van der Waals surface area contributed by atoms with Gasteiger partial charge in [-0.1, -0.05) is 30.0 Å². The summed E-state index contributed by atoms with van der Waals surface area (Å²) in [6.45, 7) is 1.42. The van der Waals surface area contributed by atoms with Crippen molar-refractivity contribution in [3.63, 3.8) is 0 Å². The number of carbonyl (C=O) groups is 2. The van der Waals surface area contributed by atoms with E-state index in [0.717, 1.165) is 13.0 Å². The van der Waals surface area contributed by atoms with Crippen LogP contribution in [-0.4, -0.2) is 48.9 Å². The average molecular weight is 450 g/mol. The molecule has 0 aliphatic heterocycles. The molecule has 2 heterocycles. The Morgan fingerprint density at radius 2 is 1.88 bits per heavy atom. The summed E-state index contributed by atoms with van der Waals surface area (Å²) < 4.78 is 3.70. The monoisotopic (exact) mass is 449 g/mol. The molecule has 164 valence electrons. The number of tetrazole rings is 1. The van der Waals surface area contributed by atoms with Crippen LogP contribution in [0.3, 0.4) is 0 Å². The second kappa shape index (κ2) is 10.1. The van der Waals surface area contributed by atoms with Crippen LogP contribution in [0.2, 0.25) is 0 Å². The third kappa shape index (κ3) is 5.33. The Morgan fingerprint density at radius 1 is 1.06 bits per heavy atom. The largest absolute Gasteiger partial charge is 0.352 e. The average Bonchev–Trinajstić information content (AvgIpc) is 3.41. The van der Waals surface area contributed by atoms with Crippen molar-refractivity contribution in [2.45, 2.75) is 18.1 Å². The molecule has 0 radical (unpaired) electrons. The van der Waals surface area contributed by atoms with Crippen molar-refractivity contribution in [2.75, 3.05) is 17.6 Å². The lowest BCUT2D eigenvalue weighted by molar-refractivity contribution is -0.113. The number of nitrogens with one attached hydrogen (secondary N) is 2. The lowest BCUT2D eigenvalue weighted by Crippen LogP contribution is -2.25. The standard InChI is InChI=1S/C22H23N7O2S/c1-28-22(25-26-27-28)32-15-20(30)24-18-9-7-17(8-10-18)21(31)23-12-4-13-29-14-11-16-5-2-3-6-19(16)29/h2-3,5-11,14H,4,12-13,15H2,1H3,(H,23,31)(H,24,30). The highest BCUT2D eigenvalue weighted by atomic mass is 32.2. The van der Waals surface area contributed by atoms with Crippen LogP contribution < -0.4 is 10.6 Å². The number of benzene rings is 2. The van der Waals surface area contributed by atoms with Crippen molar-refractivity contribution in [1.29, 1.82) is 0 Å². The topological polar surface area (TPSA) is 107 Å². The van der Waals surface area contributed by atoms with E-state index in [9.17, 15) is 9.59 Å². The Balaban J connectivity index is 1.20. The normalized spacial score (nSPS) is 10.9. The Kier molecular flexibility index (Phi) is 6.81. The SMILES string of the molecule is Cn1nnnc1SCC(=O)Nc1ccc(C(=O)NCCCn2ccc3ccccc32)cc1. The minimum Gasteiger partial charge on any atom is -0.352 e. The van der Waals surface area contributed by atoms with Gasteiger partial charge in [-0.25, -0.2) is 4.68 Å². The molecule has 0 aliphatic rings. The molecule has 2 amide bonds. The van der Waals surface area contributed by atoms with Crippen molar-refractivity contribution in [3.8, 4) is 0 Å². The van der Waals surface area contributed by atoms with E-state index >= 15 is 0 Å². The number of hydrogen-bond donors (Lipinski definition) is 2. The molecule has 0 saturated heterocycles. The van der Waals surface area contributed by atoms with E-state index < -0.39 is 0 Å². The number of nitrogens with zero attached hydrogens (tertiary/aromatic N) is 5. The Morgan fingerprint density at radius 3 is 2.66 bits per heavy atom. The highest BCUT2D eigenvalue weighted by Gasteiger charge is 2.09. The van der Waals surface area contributed by atoms with Crippen LogP contribution in [0, 0.1) is 0 Å². The van der Waals surface area contributed by atoms with E-state index in [4.69, 9.17) is 0 Å². The molecule has 32 heavy (non-hydrogen) atoms. The third-order valence-electron chi connectivity index (χ3n) is 4.89. The minimum absolute atomic E-state index is 0.134. The first-order valence-electron chi connectivity index (χ1n) is 10.2. The molecule has 4 rings (SSSR count). The summed E-state index contributed by atoms with van der Waals surface area (Å²) in [7, 11) is 1.71. The van der Waals surface area contributed by atoms with Gasteiger partial charge in [-0.05, 0) is 58.6 Å². The fourth-order valence-corrected chi connectivity index (χ4v) is 3.91. The lowest BCUT2D eigenvalue weighted by Gasteiger charge is -2.09.